The summed E-state index contributed by atoms with van der Waals surface area (Å²) in [5, 5.41) is 8.70. The number of nitrogens with two attached hydrogens (primary N) is 1. The third kappa shape index (κ3) is 2.38. The lowest BCUT2D eigenvalue weighted by Gasteiger charge is -2.04. The lowest BCUT2D eigenvalue weighted by Crippen LogP contribution is -2.14. The van der Waals surface area contributed by atoms with Crippen LogP contribution in [0.15, 0.2) is 23.1 Å². The van der Waals surface area contributed by atoms with E-state index >= 15 is 0 Å². The summed E-state index contributed by atoms with van der Waals surface area (Å²) >= 11 is 4.98. The lowest BCUT2D eigenvalue weighted by molar-refractivity contribution is 0.0698. The van der Waals surface area contributed by atoms with E-state index in [0.717, 1.165) is 12.1 Å². The maximum Gasteiger partial charge on any atom is 0.337 e. The average molecular weight is 251 g/mol. The van der Waals surface area contributed by atoms with E-state index in [4.69, 9.17) is 22.6 Å². The molecule has 1 aromatic rings. The first-order valence-electron chi connectivity index (χ1n) is 3.64. The number of anilines is 1. The Bertz CT molecular complexity index is 500. The van der Waals surface area contributed by atoms with Gasteiger partial charge in [-0.15, -0.1) is 4.24 Å². The predicted octanol–water partition coefficient (Wildman–Crippen LogP) is 0.399. The Kier molecular flexibility index (Phi) is 3.18. The molecule has 4 N–H and O–H groups in total. The summed E-state index contributed by atoms with van der Waals surface area (Å²) in [7, 11) is -3.87. The molecule has 15 heavy (non-hydrogen) atoms. The molecule has 0 saturated carbocycles. The number of nitrogen functional groups attached to an aromatic ring is 1. The highest BCUT2D eigenvalue weighted by molar-refractivity contribution is 7.90. The number of benzene rings is 1. The zero-order chi connectivity index (χ0) is 11.6. The first kappa shape index (κ1) is 11.8. The molecular weight excluding hydrogens is 244 g/mol. The number of hydrogen-bond donors (Lipinski definition) is 3. The van der Waals surface area contributed by atoms with Crippen LogP contribution in [0.1, 0.15) is 10.4 Å². The van der Waals surface area contributed by atoms with Crippen molar-refractivity contribution in [3.8, 4) is 0 Å². The van der Waals surface area contributed by atoms with Crippen LogP contribution in [-0.4, -0.2) is 19.5 Å². The molecule has 0 radical (unpaired) electrons. The number of nitrogens with one attached hydrogen (secondary N) is 1. The van der Waals surface area contributed by atoms with Crippen molar-refractivity contribution in [1.82, 2.24) is 4.24 Å². The fourth-order valence-electron chi connectivity index (χ4n) is 0.932. The number of carboxylic acids is 1. The van der Waals surface area contributed by atoms with Crippen LogP contribution in [0.25, 0.3) is 0 Å². The molecule has 82 valence electrons. The number of halogens is 1. The van der Waals surface area contributed by atoms with Crippen LogP contribution in [0.4, 0.5) is 5.69 Å². The van der Waals surface area contributed by atoms with Gasteiger partial charge in [0.1, 0.15) is 0 Å². The van der Waals surface area contributed by atoms with Crippen molar-refractivity contribution >= 4 is 33.5 Å². The van der Waals surface area contributed by atoms with Gasteiger partial charge in [-0.3, -0.25) is 0 Å². The van der Waals surface area contributed by atoms with E-state index < -0.39 is 16.0 Å². The highest BCUT2D eigenvalue weighted by Crippen LogP contribution is 2.17. The van der Waals surface area contributed by atoms with Crippen molar-refractivity contribution in [2.24, 2.45) is 0 Å². The van der Waals surface area contributed by atoms with E-state index in [1.165, 1.54) is 6.07 Å². The normalized spacial score (nSPS) is 11.3. The molecule has 0 aliphatic carbocycles. The number of hydrogen-bond acceptors (Lipinski definition) is 4. The number of carboxylic acid groups (broad SMARTS) is 1. The van der Waals surface area contributed by atoms with Gasteiger partial charge in [-0.05, 0) is 30.0 Å². The fourth-order valence-corrected chi connectivity index (χ4v) is 1.81. The molecule has 0 bridgehead atoms. The maximum absolute atomic E-state index is 11.2. The smallest absolute Gasteiger partial charge is 0.337 e. The molecular formula is C7H7ClN2O4S. The second kappa shape index (κ2) is 4.05. The van der Waals surface area contributed by atoms with E-state index in [0.29, 0.717) is 0 Å². The zero-order valence-electron chi connectivity index (χ0n) is 7.27. The van der Waals surface area contributed by atoms with Crippen molar-refractivity contribution in [2.45, 2.75) is 4.90 Å². The quantitative estimate of drug-likeness (QED) is 0.531. The van der Waals surface area contributed by atoms with Crippen LogP contribution in [-0.2, 0) is 10.0 Å². The molecule has 6 nitrogen and oxygen atoms in total. The van der Waals surface area contributed by atoms with Crippen molar-refractivity contribution in [1.29, 1.82) is 0 Å². The summed E-state index contributed by atoms with van der Waals surface area (Å²) in [5.74, 6) is -1.31. The highest BCUT2D eigenvalue weighted by Gasteiger charge is 2.16. The summed E-state index contributed by atoms with van der Waals surface area (Å²) in [5.41, 5.74) is 5.04. The molecule has 0 spiro atoms. The van der Waals surface area contributed by atoms with Crippen molar-refractivity contribution in [3.63, 3.8) is 0 Å². The third-order valence-electron chi connectivity index (χ3n) is 1.67. The minimum Gasteiger partial charge on any atom is -0.478 e. The molecule has 8 heteroatoms. The van der Waals surface area contributed by atoms with Crippen LogP contribution in [0.3, 0.4) is 0 Å². The predicted molar refractivity (Wildman–Crippen MR) is 54.0 cm³/mol. The van der Waals surface area contributed by atoms with E-state index in [2.05, 4.69) is 0 Å². The van der Waals surface area contributed by atoms with Gasteiger partial charge in [0.2, 0.25) is 0 Å². The maximum atomic E-state index is 11.2. The second-order valence-corrected chi connectivity index (χ2v) is 4.73. The zero-order valence-corrected chi connectivity index (χ0v) is 8.84. The summed E-state index contributed by atoms with van der Waals surface area (Å²) < 4.78 is 24.0. The Balaban J connectivity index is 3.38. The summed E-state index contributed by atoms with van der Waals surface area (Å²) in [6.45, 7) is 0. The molecule has 0 fully saturated rings. The van der Waals surface area contributed by atoms with Crippen molar-refractivity contribution in [2.75, 3.05) is 5.73 Å². The van der Waals surface area contributed by atoms with Gasteiger partial charge in [0.15, 0.2) is 0 Å². The van der Waals surface area contributed by atoms with Crippen LogP contribution >= 0.6 is 11.8 Å². The lowest BCUT2D eigenvalue weighted by atomic mass is 10.2. The summed E-state index contributed by atoms with van der Waals surface area (Å²) in [4.78, 5) is 10.4. The first-order chi connectivity index (χ1) is 6.88. The molecule has 0 unspecified atom stereocenters. The number of sulfonamides is 1. The van der Waals surface area contributed by atoms with Gasteiger partial charge in [-0.2, -0.15) is 0 Å². The van der Waals surface area contributed by atoms with Crippen LogP contribution in [0.5, 0.6) is 0 Å². The van der Waals surface area contributed by atoms with Gasteiger partial charge in [-0.25, -0.2) is 13.2 Å². The van der Waals surface area contributed by atoms with Crippen LogP contribution in [0.2, 0.25) is 0 Å². The fraction of sp³-hybridized carbons (Fsp3) is 0. The Morgan fingerprint density at radius 2 is 2.07 bits per heavy atom. The molecule has 0 aliphatic heterocycles. The Labute approximate surface area is 90.8 Å². The first-order valence-corrected chi connectivity index (χ1v) is 5.50. The largest absolute Gasteiger partial charge is 0.478 e. The summed E-state index contributed by atoms with van der Waals surface area (Å²) in [6, 6.07) is 3.28. The highest BCUT2D eigenvalue weighted by atomic mass is 35.5. The molecule has 0 aromatic heterocycles. The molecule has 0 amide bonds. The van der Waals surface area contributed by atoms with E-state index in [-0.39, 0.29) is 16.1 Å². The van der Waals surface area contributed by atoms with Gasteiger partial charge in [0.25, 0.3) is 10.0 Å². The number of carbonyl (C=O) groups is 1. The molecule has 0 atom stereocenters. The second-order valence-electron chi connectivity index (χ2n) is 2.63. The molecule has 1 aromatic carbocycles. The van der Waals surface area contributed by atoms with Gasteiger partial charge in [0.05, 0.1) is 10.5 Å². The Morgan fingerprint density at radius 3 is 2.53 bits per heavy atom. The Morgan fingerprint density at radius 1 is 1.47 bits per heavy atom. The molecule has 0 saturated heterocycles. The van der Waals surface area contributed by atoms with E-state index in [9.17, 15) is 13.2 Å². The van der Waals surface area contributed by atoms with Crippen LogP contribution < -0.4 is 9.97 Å². The van der Waals surface area contributed by atoms with Gasteiger partial charge in [0, 0.05) is 5.69 Å². The molecule has 0 aliphatic rings. The average Bonchev–Trinajstić information content (AvgIpc) is 2.17. The van der Waals surface area contributed by atoms with Crippen LogP contribution in [0, 0.1) is 0 Å². The Hall–Kier alpha value is -1.31. The standard InChI is InChI=1S/C7H7ClN2O4S/c8-10-15(13,14)4-1-2-6(9)5(3-4)7(11)12/h1-3,10H,9H2,(H,11,12). The molecule has 1 rings (SSSR count). The topological polar surface area (TPSA) is 109 Å². The minimum absolute atomic E-state index is 0.0176. The summed E-state index contributed by atoms with van der Waals surface area (Å²) in [6.07, 6.45) is 0. The minimum atomic E-state index is -3.87. The SMILES string of the molecule is Nc1ccc(S(=O)(=O)NCl)cc1C(=O)O. The monoisotopic (exact) mass is 250 g/mol. The van der Waals surface area contributed by atoms with Crippen molar-refractivity contribution < 1.29 is 18.3 Å². The molecule has 0 heterocycles. The van der Waals surface area contributed by atoms with Crippen molar-refractivity contribution in [3.05, 3.63) is 23.8 Å². The van der Waals surface area contributed by atoms with E-state index in [1.807, 2.05) is 0 Å². The van der Waals surface area contributed by atoms with Gasteiger partial charge in [-0.1, -0.05) is 0 Å². The third-order valence-corrected chi connectivity index (χ3v) is 3.35. The van der Waals surface area contributed by atoms with Gasteiger partial charge < -0.3 is 10.8 Å². The number of rotatable bonds is 3. The number of aromatic carboxylic acids is 1. The van der Waals surface area contributed by atoms with Gasteiger partial charge >= 0.3 is 5.97 Å². The van der Waals surface area contributed by atoms with E-state index in [1.54, 1.807) is 4.24 Å².